The molecule has 0 bridgehead atoms. The standard InChI is InChI=1S/C19H14FO3S/c1-13-7-9-18(21)16(11-13)14-8-10-19(17(20)12-14)24(22,23)15-5-3-2-4-6-15/h2-12H,1H3. The molecule has 24 heavy (non-hydrogen) atoms. The number of hydrogen-bond acceptors (Lipinski definition) is 2. The Morgan fingerprint density at radius 3 is 2.25 bits per heavy atom. The van der Waals surface area contributed by atoms with Crippen molar-refractivity contribution >= 4 is 9.84 Å². The van der Waals surface area contributed by atoms with Gasteiger partial charge in [0.1, 0.15) is 10.7 Å². The van der Waals surface area contributed by atoms with E-state index in [9.17, 15) is 17.9 Å². The van der Waals surface area contributed by atoms with Gasteiger partial charge >= 0.3 is 0 Å². The first kappa shape index (κ1) is 16.2. The average Bonchev–Trinajstić information content (AvgIpc) is 2.57. The summed E-state index contributed by atoms with van der Waals surface area (Å²) < 4.78 is 39.5. The Bertz CT molecular complexity index is 996. The van der Waals surface area contributed by atoms with Gasteiger partial charge in [-0.15, -0.1) is 0 Å². The number of aryl methyl sites for hydroxylation is 1. The molecule has 0 aliphatic carbocycles. The van der Waals surface area contributed by atoms with E-state index >= 15 is 0 Å². The van der Waals surface area contributed by atoms with Crippen LogP contribution >= 0.6 is 0 Å². The Balaban J connectivity index is 2.10. The second-order valence-corrected chi connectivity index (χ2v) is 7.38. The summed E-state index contributed by atoms with van der Waals surface area (Å²) in [5.41, 5.74) is 1.57. The predicted molar refractivity (Wildman–Crippen MR) is 88.6 cm³/mol. The lowest BCUT2D eigenvalue weighted by atomic mass is 10.0. The van der Waals surface area contributed by atoms with Gasteiger partial charge in [-0.1, -0.05) is 35.9 Å². The highest BCUT2D eigenvalue weighted by Gasteiger charge is 2.22. The largest absolute Gasteiger partial charge is 0.289 e. The molecular formula is C19H14FO3S. The predicted octanol–water partition coefficient (Wildman–Crippen LogP) is 4.78. The molecule has 0 spiro atoms. The van der Waals surface area contributed by atoms with E-state index in [1.165, 1.54) is 30.3 Å². The van der Waals surface area contributed by atoms with E-state index in [1.54, 1.807) is 30.3 Å². The smallest absolute Gasteiger partial charge is 0.209 e. The first-order chi connectivity index (χ1) is 11.4. The van der Waals surface area contributed by atoms with Crippen LogP contribution in [0.15, 0.2) is 76.5 Å². The number of hydrogen-bond donors (Lipinski definition) is 0. The summed E-state index contributed by atoms with van der Waals surface area (Å²) in [6, 6.07) is 16.2. The highest BCUT2D eigenvalue weighted by atomic mass is 32.2. The molecule has 3 rings (SSSR count). The lowest BCUT2D eigenvalue weighted by Gasteiger charge is -2.09. The van der Waals surface area contributed by atoms with Crippen molar-refractivity contribution in [1.82, 2.24) is 0 Å². The highest BCUT2D eigenvalue weighted by molar-refractivity contribution is 7.91. The molecule has 0 aliphatic rings. The third-order valence-corrected chi connectivity index (χ3v) is 5.52. The van der Waals surface area contributed by atoms with Gasteiger partial charge in [-0.25, -0.2) is 12.8 Å². The van der Waals surface area contributed by atoms with Gasteiger partial charge in [0.05, 0.1) is 4.90 Å². The molecule has 3 aromatic carbocycles. The van der Waals surface area contributed by atoms with Crippen LogP contribution in [-0.4, -0.2) is 8.42 Å². The van der Waals surface area contributed by atoms with Crippen LogP contribution in [0.25, 0.3) is 11.1 Å². The van der Waals surface area contributed by atoms with Crippen molar-refractivity contribution in [3.8, 4) is 16.9 Å². The molecule has 0 saturated heterocycles. The van der Waals surface area contributed by atoms with Crippen molar-refractivity contribution < 1.29 is 17.9 Å². The summed E-state index contributed by atoms with van der Waals surface area (Å²) in [5.74, 6) is -1.11. The molecule has 0 amide bonds. The van der Waals surface area contributed by atoms with Gasteiger partial charge in [-0.3, -0.25) is 5.11 Å². The molecule has 0 unspecified atom stereocenters. The van der Waals surface area contributed by atoms with Crippen LogP contribution in [0.1, 0.15) is 5.56 Å². The van der Waals surface area contributed by atoms with Gasteiger partial charge in [-0.05, 0) is 48.9 Å². The minimum Gasteiger partial charge on any atom is -0.289 e. The summed E-state index contributed by atoms with van der Waals surface area (Å²) in [4.78, 5) is -0.380. The molecule has 0 aliphatic heterocycles. The average molecular weight is 341 g/mol. The van der Waals surface area contributed by atoms with Crippen LogP contribution < -0.4 is 0 Å². The number of rotatable bonds is 3. The maximum absolute atomic E-state index is 14.5. The third-order valence-electron chi connectivity index (χ3n) is 3.72. The normalized spacial score (nSPS) is 11.4. The topological polar surface area (TPSA) is 54.0 Å². The molecular weight excluding hydrogens is 327 g/mol. The molecule has 0 atom stereocenters. The lowest BCUT2D eigenvalue weighted by molar-refractivity contribution is 0.356. The highest BCUT2D eigenvalue weighted by Crippen LogP contribution is 2.33. The number of benzene rings is 3. The molecule has 0 fully saturated rings. The molecule has 121 valence electrons. The van der Waals surface area contributed by atoms with Crippen molar-refractivity contribution in [3.05, 3.63) is 78.1 Å². The maximum atomic E-state index is 14.5. The van der Waals surface area contributed by atoms with Gasteiger partial charge in [0.15, 0.2) is 5.75 Å². The summed E-state index contributed by atoms with van der Waals surface area (Å²) in [6.45, 7) is 1.83. The van der Waals surface area contributed by atoms with Crippen LogP contribution in [0, 0.1) is 12.7 Å². The summed E-state index contributed by atoms with van der Waals surface area (Å²) in [7, 11) is -3.94. The molecule has 0 saturated carbocycles. The zero-order chi connectivity index (χ0) is 17.3. The first-order valence-corrected chi connectivity index (χ1v) is 8.75. The second-order valence-electron chi connectivity index (χ2n) is 5.46. The molecule has 0 aromatic heterocycles. The van der Waals surface area contributed by atoms with Crippen LogP contribution in [-0.2, 0) is 14.9 Å². The molecule has 5 heteroatoms. The summed E-state index contributed by atoms with van der Waals surface area (Å²) in [6.07, 6.45) is 0. The lowest BCUT2D eigenvalue weighted by Crippen LogP contribution is -2.04. The zero-order valence-electron chi connectivity index (χ0n) is 12.9. The Morgan fingerprint density at radius 2 is 1.58 bits per heavy atom. The fraction of sp³-hybridized carbons (Fsp3) is 0.0526. The van der Waals surface area contributed by atoms with Gasteiger partial charge in [0.25, 0.3) is 0 Å². The van der Waals surface area contributed by atoms with E-state index in [4.69, 9.17) is 0 Å². The van der Waals surface area contributed by atoms with E-state index in [-0.39, 0.29) is 10.6 Å². The Labute approximate surface area is 139 Å². The molecule has 3 nitrogen and oxygen atoms in total. The van der Waals surface area contributed by atoms with Crippen LogP contribution in [0.3, 0.4) is 0 Å². The van der Waals surface area contributed by atoms with E-state index in [1.807, 2.05) is 6.92 Å². The maximum Gasteiger partial charge on any atom is 0.209 e. The fourth-order valence-corrected chi connectivity index (χ4v) is 3.81. The van der Waals surface area contributed by atoms with Gasteiger partial charge in [0.2, 0.25) is 9.84 Å². The van der Waals surface area contributed by atoms with E-state index in [2.05, 4.69) is 0 Å². The Kier molecular flexibility index (Phi) is 4.11. The zero-order valence-corrected chi connectivity index (χ0v) is 13.7. The summed E-state index contributed by atoms with van der Waals surface area (Å²) >= 11 is 0. The van der Waals surface area contributed by atoms with Gasteiger partial charge in [-0.2, -0.15) is 0 Å². The van der Waals surface area contributed by atoms with E-state index in [0.717, 1.165) is 11.6 Å². The van der Waals surface area contributed by atoms with Crippen molar-refractivity contribution in [3.63, 3.8) is 0 Å². The minimum absolute atomic E-state index is 0.0247. The number of sulfone groups is 1. The molecule has 0 heterocycles. The van der Waals surface area contributed by atoms with Crippen LogP contribution in [0.5, 0.6) is 5.75 Å². The van der Waals surface area contributed by atoms with Crippen molar-refractivity contribution in [2.24, 2.45) is 0 Å². The van der Waals surface area contributed by atoms with Crippen molar-refractivity contribution in [2.45, 2.75) is 16.7 Å². The monoisotopic (exact) mass is 341 g/mol. The van der Waals surface area contributed by atoms with E-state index in [0.29, 0.717) is 11.1 Å². The summed E-state index contributed by atoms with van der Waals surface area (Å²) in [5, 5.41) is 11.9. The SMILES string of the molecule is Cc1ccc([O])c(-c2ccc(S(=O)(=O)c3ccccc3)c(F)c2)c1. The van der Waals surface area contributed by atoms with Crippen LogP contribution in [0.4, 0.5) is 4.39 Å². The first-order valence-electron chi connectivity index (χ1n) is 7.27. The third kappa shape index (κ3) is 2.90. The quantitative estimate of drug-likeness (QED) is 0.688. The Hall–Kier alpha value is -2.66. The second kappa shape index (κ2) is 6.09. The molecule has 1 radical (unpaired) electrons. The van der Waals surface area contributed by atoms with Crippen LogP contribution in [0.2, 0.25) is 0 Å². The Morgan fingerprint density at radius 1 is 0.875 bits per heavy atom. The molecule has 0 N–H and O–H groups in total. The fourth-order valence-electron chi connectivity index (χ4n) is 2.48. The number of halogens is 1. The minimum atomic E-state index is -3.94. The molecule has 3 aromatic rings. The van der Waals surface area contributed by atoms with Gasteiger partial charge in [0, 0.05) is 5.56 Å². The van der Waals surface area contributed by atoms with E-state index < -0.39 is 20.5 Å². The van der Waals surface area contributed by atoms with Crippen molar-refractivity contribution in [2.75, 3.05) is 0 Å². The van der Waals surface area contributed by atoms with Crippen molar-refractivity contribution in [1.29, 1.82) is 0 Å². The van der Waals surface area contributed by atoms with Gasteiger partial charge < -0.3 is 0 Å².